The zero-order valence-electron chi connectivity index (χ0n) is 17.7. The van der Waals surface area contributed by atoms with E-state index in [2.05, 4.69) is 22.1 Å². The molecule has 0 radical (unpaired) electrons. The van der Waals surface area contributed by atoms with E-state index in [0.29, 0.717) is 11.2 Å². The lowest BCUT2D eigenvalue weighted by Gasteiger charge is -2.24. The molecule has 1 unspecified atom stereocenters. The number of carbonyl (C=O) groups excluding carboxylic acids is 1. The first-order valence-corrected chi connectivity index (χ1v) is 10.2. The molecule has 1 amide bonds. The summed E-state index contributed by atoms with van der Waals surface area (Å²) < 4.78 is 9.05. The molecule has 156 valence electrons. The van der Waals surface area contributed by atoms with Crippen LogP contribution < -0.4 is 0 Å². The summed E-state index contributed by atoms with van der Waals surface area (Å²) in [4.78, 5) is 19.4. The fourth-order valence-corrected chi connectivity index (χ4v) is 3.65. The van der Waals surface area contributed by atoms with E-state index < -0.39 is 0 Å². The molecule has 0 aliphatic carbocycles. The van der Waals surface area contributed by atoms with Crippen molar-refractivity contribution in [1.82, 2.24) is 29.3 Å². The summed E-state index contributed by atoms with van der Waals surface area (Å²) >= 11 is 0. The number of carbonyl (C=O) groups is 1. The van der Waals surface area contributed by atoms with Crippen LogP contribution >= 0.6 is 0 Å². The number of aryl methyl sites for hydroxylation is 2. The van der Waals surface area contributed by atoms with Gasteiger partial charge in [0.05, 0.1) is 24.4 Å². The van der Waals surface area contributed by atoms with Crippen LogP contribution in [-0.2, 0) is 13.0 Å². The number of aromatic nitrogens is 5. The lowest BCUT2D eigenvalue weighted by Crippen LogP contribution is -2.35. The molecule has 4 aromatic rings. The maximum atomic E-state index is 13.2. The van der Waals surface area contributed by atoms with Gasteiger partial charge in [-0.3, -0.25) is 9.48 Å². The molecule has 30 heavy (non-hydrogen) atoms. The van der Waals surface area contributed by atoms with Crippen molar-refractivity contribution >= 4 is 11.6 Å². The Morgan fingerprint density at radius 1 is 1.27 bits per heavy atom. The Morgan fingerprint density at radius 2 is 2.10 bits per heavy atom. The van der Waals surface area contributed by atoms with Gasteiger partial charge in [-0.1, -0.05) is 0 Å². The highest BCUT2D eigenvalue weighted by molar-refractivity contribution is 6.00. The SMILES string of the molecule is CCn1ncc(-c2ccnc3c(C(=O)N(C)C(C)CCc4ccco4)cnn23)c1C. The van der Waals surface area contributed by atoms with Gasteiger partial charge in [-0.25, -0.2) is 9.50 Å². The average Bonchev–Trinajstić information content (AvgIpc) is 3.50. The summed E-state index contributed by atoms with van der Waals surface area (Å²) in [5.74, 6) is 0.829. The predicted octanol–water partition coefficient (Wildman–Crippen LogP) is 3.61. The topological polar surface area (TPSA) is 81.5 Å². The molecule has 0 aliphatic heterocycles. The molecule has 0 bridgehead atoms. The average molecular weight is 406 g/mol. The number of furan rings is 1. The number of nitrogens with zero attached hydrogens (tertiary/aromatic N) is 6. The molecular formula is C22H26N6O2. The van der Waals surface area contributed by atoms with E-state index >= 15 is 0 Å². The van der Waals surface area contributed by atoms with Gasteiger partial charge in [0.2, 0.25) is 0 Å². The van der Waals surface area contributed by atoms with E-state index in [1.807, 2.05) is 50.0 Å². The Labute approximate surface area is 175 Å². The molecule has 8 heteroatoms. The number of amides is 1. The summed E-state index contributed by atoms with van der Waals surface area (Å²) in [5.41, 5.74) is 3.93. The third kappa shape index (κ3) is 3.49. The van der Waals surface area contributed by atoms with Crippen LogP contribution in [0.5, 0.6) is 0 Å². The second-order valence-electron chi connectivity index (χ2n) is 7.47. The van der Waals surface area contributed by atoms with Gasteiger partial charge in [0, 0.05) is 43.5 Å². The molecule has 0 fully saturated rings. The van der Waals surface area contributed by atoms with Crippen molar-refractivity contribution in [3.63, 3.8) is 0 Å². The van der Waals surface area contributed by atoms with Crippen LogP contribution in [0.25, 0.3) is 16.9 Å². The Balaban J connectivity index is 1.60. The van der Waals surface area contributed by atoms with Crippen LogP contribution in [0.3, 0.4) is 0 Å². The number of rotatable bonds is 7. The predicted molar refractivity (Wildman–Crippen MR) is 113 cm³/mol. The highest BCUT2D eigenvalue weighted by Crippen LogP contribution is 2.25. The lowest BCUT2D eigenvalue weighted by atomic mass is 10.1. The van der Waals surface area contributed by atoms with Crippen molar-refractivity contribution in [3.8, 4) is 11.3 Å². The third-order valence-electron chi connectivity index (χ3n) is 5.68. The number of fused-ring (bicyclic) bond motifs is 1. The molecule has 0 spiro atoms. The van der Waals surface area contributed by atoms with E-state index in [0.717, 1.165) is 42.1 Å². The summed E-state index contributed by atoms with van der Waals surface area (Å²) in [5, 5.41) is 8.90. The van der Waals surface area contributed by atoms with Crippen LogP contribution in [0.15, 0.2) is 47.5 Å². The van der Waals surface area contributed by atoms with E-state index in [4.69, 9.17) is 4.42 Å². The van der Waals surface area contributed by atoms with Crippen LogP contribution in [0.4, 0.5) is 0 Å². The van der Waals surface area contributed by atoms with Crippen LogP contribution in [0.2, 0.25) is 0 Å². The summed E-state index contributed by atoms with van der Waals surface area (Å²) in [6, 6.07) is 5.77. The van der Waals surface area contributed by atoms with Crippen molar-refractivity contribution in [3.05, 3.63) is 60.1 Å². The van der Waals surface area contributed by atoms with Crippen LogP contribution in [0.1, 0.15) is 42.1 Å². The zero-order valence-corrected chi connectivity index (χ0v) is 17.7. The molecule has 1 atom stereocenters. The van der Waals surface area contributed by atoms with Crippen molar-refractivity contribution in [2.24, 2.45) is 0 Å². The Kier molecular flexibility index (Phi) is 5.39. The van der Waals surface area contributed by atoms with Gasteiger partial charge >= 0.3 is 0 Å². The molecule has 0 N–H and O–H groups in total. The van der Waals surface area contributed by atoms with Gasteiger partial charge < -0.3 is 9.32 Å². The van der Waals surface area contributed by atoms with Crippen molar-refractivity contribution in [2.45, 2.75) is 46.2 Å². The molecule has 0 aromatic carbocycles. The zero-order chi connectivity index (χ0) is 21.3. The highest BCUT2D eigenvalue weighted by Gasteiger charge is 2.23. The van der Waals surface area contributed by atoms with E-state index in [9.17, 15) is 4.79 Å². The number of hydrogen-bond donors (Lipinski definition) is 0. The molecular weight excluding hydrogens is 380 g/mol. The monoisotopic (exact) mass is 406 g/mol. The molecule has 4 aromatic heterocycles. The molecule has 0 saturated heterocycles. The first-order chi connectivity index (χ1) is 14.5. The molecule has 4 heterocycles. The Morgan fingerprint density at radius 3 is 2.80 bits per heavy atom. The van der Waals surface area contributed by atoms with E-state index in [-0.39, 0.29) is 11.9 Å². The van der Waals surface area contributed by atoms with Crippen molar-refractivity contribution in [1.29, 1.82) is 0 Å². The maximum Gasteiger partial charge on any atom is 0.259 e. The molecule has 0 saturated carbocycles. The van der Waals surface area contributed by atoms with Gasteiger partial charge in [-0.05, 0) is 45.4 Å². The quantitative estimate of drug-likeness (QED) is 0.468. The molecule has 8 nitrogen and oxygen atoms in total. The lowest BCUT2D eigenvalue weighted by molar-refractivity contribution is 0.0738. The summed E-state index contributed by atoms with van der Waals surface area (Å²) in [7, 11) is 1.82. The summed E-state index contributed by atoms with van der Waals surface area (Å²) in [6.45, 7) is 6.92. The first kappa shape index (κ1) is 19.9. The van der Waals surface area contributed by atoms with Crippen molar-refractivity contribution in [2.75, 3.05) is 7.05 Å². The van der Waals surface area contributed by atoms with Gasteiger partial charge in [0.25, 0.3) is 5.91 Å². The van der Waals surface area contributed by atoms with E-state index in [1.54, 1.807) is 28.1 Å². The van der Waals surface area contributed by atoms with Crippen LogP contribution in [-0.4, -0.2) is 48.3 Å². The van der Waals surface area contributed by atoms with Gasteiger partial charge in [-0.2, -0.15) is 10.2 Å². The number of hydrogen-bond acceptors (Lipinski definition) is 5. The fraction of sp³-hybridized carbons (Fsp3) is 0.364. The second-order valence-corrected chi connectivity index (χ2v) is 7.47. The fourth-order valence-electron chi connectivity index (χ4n) is 3.65. The normalized spacial score (nSPS) is 12.4. The summed E-state index contributed by atoms with van der Waals surface area (Å²) in [6.07, 6.45) is 8.41. The smallest absolute Gasteiger partial charge is 0.259 e. The largest absolute Gasteiger partial charge is 0.469 e. The minimum Gasteiger partial charge on any atom is -0.469 e. The minimum atomic E-state index is -0.0948. The van der Waals surface area contributed by atoms with Gasteiger partial charge in [-0.15, -0.1) is 0 Å². The first-order valence-electron chi connectivity index (χ1n) is 10.2. The minimum absolute atomic E-state index is 0.0470. The van der Waals surface area contributed by atoms with Crippen molar-refractivity contribution < 1.29 is 9.21 Å². The molecule has 0 aliphatic rings. The van der Waals surface area contributed by atoms with Gasteiger partial charge in [0.1, 0.15) is 11.3 Å². The van der Waals surface area contributed by atoms with Crippen LogP contribution in [0, 0.1) is 6.92 Å². The van der Waals surface area contributed by atoms with Gasteiger partial charge in [0.15, 0.2) is 5.65 Å². The highest BCUT2D eigenvalue weighted by atomic mass is 16.3. The molecule has 4 rings (SSSR count). The second kappa shape index (κ2) is 8.14. The van der Waals surface area contributed by atoms with E-state index in [1.165, 1.54) is 0 Å². The third-order valence-corrected chi connectivity index (χ3v) is 5.68. The Bertz CT molecular complexity index is 1160. The Hall–Kier alpha value is -3.42. The maximum absolute atomic E-state index is 13.2. The standard InChI is InChI=1S/C22H26N6O2/c1-5-27-16(3)18(13-24-27)20-10-11-23-21-19(14-25-28(20)21)22(29)26(4)15(2)8-9-17-7-6-12-30-17/h6-7,10-15H,5,8-9H2,1-4H3.